The number of alkyl halides is 1. The third kappa shape index (κ3) is 0.812. The van der Waals surface area contributed by atoms with Gasteiger partial charge in [-0.05, 0) is 0 Å². The SMILES string of the molecule is NC(=O)[C@]1(Cl)C[C@H]2C=C[C@@H]1O2. The van der Waals surface area contributed by atoms with Crippen LogP contribution in [0.4, 0.5) is 0 Å². The minimum absolute atomic E-state index is 0.00926. The first-order chi connectivity index (χ1) is 5.13. The summed E-state index contributed by atoms with van der Waals surface area (Å²) in [5.41, 5.74) is 5.13. The molecule has 2 N–H and O–H groups in total. The largest absolute Gasteiger partial charge is 0.368 e. The van der Waals surface area contributed by atoms with E-state index in [0.717, 1.165) is 0 Å². The number of primary amides is 1. The number of halogens is 1. The van der Waals surface area contributed by atoms with Crippen LogP contribution in [0.1, 0.15) is 6.42 Å². The monoisotopic (exact) mass is 173 g/mol. The quantitative estimate of drug-likeness (QED) is 0.454. The molecule has 0 aromatic rings. The van der Waals surface area contributed by atoms with E-state index in [-0.39, 0.29) is 12.2 Å². The van der Waals surface area contributed by atoms with E-state index in [1.54, 1.807) is 6.08 Å². The molecule has 3 atom stereocenters. The molecular formula is C7H8ClNO2. The standard InChI is InChI=1S/C7H8ClNO2/c8-7(6(9)10)3-4-1-2-5(7)11-4/h1-2,4-5H,3H2,(H2,9,10)/t4-,5+,7+/m1/s1. The van der Waals surface area contributed by atoms with E-state index in [9.17, 15) is 4.79 Å². The molecule has 3 nitrogen and oxygen atoms in total. The third-order valence-corrected chi connectivity index (χ3v) is 2.74. The van der Waals surface area contributed by atoms with Gasteiger partial charge in [0, 0.05) is 6.42 Å². The number of hydrogen-bond donors (Lipinski definition) is 1. The fraction of sp³-hybridized carbons (Fsp3) is 0.571. The Balaban J connectivity index is 2.30. The van der Waals surface area contributed by atoms with Crippen LogP contribution in [0, 0.1) is 0 Å². The van der Waals surface area contributed by atoms with E-state index in [4.69, 9.17) is 22.1 Å². The summed E-state index contributed by atoms with van der Waals surface area (Å²) in [5, 5.41) is 0. The van der Waals surface area contributed by atoms with Crippen molar-refractivity contribution in [3.63, 3.8) is 0 Å². The van der Waals surface area contributed by atoms with Crippen molar-refractivity contribution in [2.45, 2.75) is 23.5 Å². The summed E-state index contributed by atoms with van der Waals surface area (Å²) in [5.74, 6) is -0.490. The van der Waals surface area contributed by atoms with Crippen LogP contribution in [0.5, 0.6) is 0 Å². The topological polar surface area (TPSA) is 52.3 Å². The molecule has 1 amide bonds. The molecule has 60 valence electrons. The first-order valence-electron chi connectivity index (χ1n) is 3.45. The zero-order valence-electron chi connectivity index (χ0n) is 5.79. The molecular weight excluding hydrogens is 166 g/mol. The van der Waals surface area contributed by atoms with Crippen molar-refractivity contribution in [3.8, 4) is 0 Å². The Bertz CT molecular complexity index is 241. The predicted molar refractivity (Wildman–Crippen MR) is 40.2 cm³/mol. The molecule has 2 aliphatic rings. The van der Waals surface area contributed by atoms with E-state index < -0.39 is 10.8 Å². The first kappa shape index (κ1) is 7.13. The Hall–Kier alpha value is -0.540. The van der Waals surface area contributed by atoms with Crippen molar-refractivity contribution < 1.29 is 9.53 Å². The molecule has 0 aliphatic carbocycles. The average molecular weight is 174 g/mol. The van der Waals surface area contributed by atoms with Gasteiger partial charge in [0.05, 0.1) is 6.10 Å². The molecule has 0 aromatic heterocycles. The van der Waals surface area contributed by atoms with Gasteiger partial charge in [0.2, 0.25) is 5.91 Å². The van der Waals surface area contributed by atoms with Gasteiger partial charge in [0.1, 0.15) is 6.10 Å². The second kappa shape index (κ2) is 1.99. The van der Waals surface area contributed by atoms with Crippen LogP contribution in [0.3, 0.4) is 0 Å². The van der Waals surface area contributed by atoms with Crippen LogP contribution in [0.25, 0.3) is 0 Å². The van der Waals surface area contributed by atoms with Gasteiger partial charge in [0.25, 0.3) is 0 Å². The minimum Gasteiger partial charge on any atom is -0.368 e. The molecule has 2 bridgehead atoms. The van der Waals surface area contributed by atoms with Crippen molar-refractivity contribution in [1.29, 1.82) is 0 Å². The van der Waals surface area contributed by atoms with Crippen molar-refractivity contribution in [2.24, 2.45) is 5.73 Å². The molecule has 0 aromatic carbocycles. The highest BCUT2D eigenvalue weighted by Crippen LogP contribution is 2.41. The number of amides is 1. The summed E-state index contributed by atoms with van der Waals surface area (Å²) >= 11 is 5.95. The number of carbonyl (C=O) groups is 1. The van der Waals surface area contributed by atoms with Gasteiger partial charge in [-0.2, -0.15) is 0 Å². The molecule has 0 radical (unpaired) electrons. The Morgan fingerprint density at radius 3 is 2.73 bits per heavy atom. The maximum Gasteiger partial charge on any atom is 0.241 e. The fourth-order valence-corrected chi connectivity index (χ4v) is 1.81. The van der Waals surface area contributed by atoms with Gasteiger partial charge in [-0.15, -0.1) is 11.6 Å². The Morgan fingerprint density at radius 2 is 2.45 bits per heavy atom. The smallest absolute Gasteiger partial charge is 0.241 e. The van der Waals surface area contributed by atoms with Crippen LogP contribution >= 0.6 is 11.6 Å². The van der Waals surface area contributed by atoms with Gasteiger partial charge in [-0.25, -0.2) is 0 Å². The average Bonchev–Trinajstić information content (AvgIpc) is 2.45. The first-order valence-corrected chi connectivity index (χ1v) is 3.83. The van der Waals surface area contributed by atoms with Crippen LogP contribution in [-0.2, 0) is 9.53 Å². The molecule has 0 spiro atoms. The molecule has 2 heterocycles. The molecule has 2 aliphatic heterocycles. The Labute approximate surface area is 69.1 Å². The summed E-state index contributed by atoms with van der Waals surface area (Å²) in [6, 6.07) is 0. The second-order valence-electron chi connectivity index (χ2n) is 2.91. The molecule has 0 saturated carbocycles. The lowest BCUT2D eigenvalue weighted by atomic mass is 9.93. The van der Waals surface area contributed by atoms with Gasteiger partial charge in [-0.3, -0.25) is 4.79 Å². The highest BCUT2D eigenvalue weighted by atomic mass is 35.5. The second-order valence-corrected chi connectivity index (χ2v) is 3.59. The number of nitrogens with two attached hydrogens (primary N) is 1. The molecule has 1 saturated heterocycles. The van der Waals surface area contributed by atoms with Crippen LogP contribution in [0.2, 0.25) is 0 Å². The highest BCUT2D eigenvalue weighted by molar-refractivity contribution is 6.35. The Morgan fingerprint density at radius 1 is 1.73 bits per heavy atom. The fourth-order valence-electron chi connectivity index (χ4n) is 1.53. The van der Waals surface area contributed by atoms with E-state index in [1.807, 2.05) is 6.08 Å². The summed E-state index contributed by atoms with van der Waals surface area (Å²) < 4.78 is 5.31. The third-order valence-electron chi connectivity index (χ3n) is 2.18. The number of ether oxygens (including phenoxy) is 1. The summed E-state index contributed by atoms with van der Waals surface area (Å²) in [6.45, 7) is 0. The number of rotatable bonds is 1. The van der Waals surface area contributed by atoms with E-state index >= 15 is 0 Å². The van der Waals surface area contributed by atoms with E-state index in [0.29, 0.717) is 6.42 Å². The minimum atomic E-state index is -0.987. The molecule has 4 heteroatoms. The molecule has 1 fully saturated rings. The zero-order chi connectivity index (χ0) is 8.06. The lowest BCUT2D eigenvalue weighted by Gasteiger charge is -2.21. The summed E-state index contributed by atoms with van der Waals surface area (Å²) in [4.78, 5) is 9.90. The predicted octanol–water partition coefficient (Wildman–Crippen LogP) is 0.177. The normalized spacial score (nSPS) is 46.6. The van der Waals surface area contributed by atoms with Crippen LogP contribution < -0.4 is 5.73 Å². The van der Waals surface area contributed by atoms with Gasteiger partial charge < -0.3 is 10.5 Å². The number of hydrogen-bond acceptors (Lipinski definition) is 2. The summed E-state index contributed by atoms with van der Waals surface area (Å²) in [7, 11) is 0. The number of fused-ring (bicyclic) bond motifs is 2. The van der Waals surface area contributed by atoms with Gasteiger partial charge in [0.15, 0.2) is 4.87 Å². The molecule has 0 unspecified atom stereocenters. The molecule has 11 heavy (non-hydrogen) atoms. The molecule has 2 rings (SSSR count). The van der Waals surface area contributed by atoms with E-state index in [2.05, 4.69) is 0 Å². The lowest BCUT2D eigenvalue weighted by Crippen LogP contribution is -2.45. The van der Waals surface area contributed by atoms with Gasteiger partial charge >= 0.3 is 0 Å². The van der Waals surface area contributed by atoms with Crippen molar-refractivity contribution in [3.05, 3.63) is 12.2 Å². The zero-order valence-corrected chi connectivity index (χ0v) is 6.54. The van der Waals surface area contributed by atoms with Crippen molar-refractivity contribution in [1.82, 2.24) is 0 Å². The highest BCUT2D eigenvalue weighted by Gasteiger charge is 2.52. The van der Waals surface area contributed by atoms with Crippen molar-refractivity contribution in [2.75, 3.05) is 0 Å². The maximum atomic E-state index is 10.9. The van der Waals surface area contributed by atoms with E-state index in [1.165, 1.54) is 0 Å². The maximum absolute atomic E-state index is 10.9. The van der Waals surface area contributed by atoms with Crippen LogP contribution in [0.15, 0.2) is 12.2 Å². The van der Waals surface area contributed by atoms with Gasteiger partial charge in [-0.1, -0.05) is 12.2 Å². The summed E-state index contributed by atoms with van der Waals surface area (Å²) in [6.07, 6.45) is 3.89. The Kier molecular flexibility index (Phi) is 1.29. The number of carbonyl (C=O) groups excluding carboxylic acids is 1. The van der Waals surface area contributed by atoms with Crippen molar-refractivity contribution >= 4 is 17.5 Å². The lowest BCUT2D eigenvalue weighted by molar-refractivity contribution is -0.121. The van der Waals surface area contributed by atoms with Crippen LogP contribution in [-0.4, -0.2) is 23.0 Å².